The van der Waals surface area contributed by atoms with E-state index in [-0.39, 0.29) is 17.3 Å². The molecule has 1 rings (SSSR count). The summed E-state index contributed by atoms with van der Waals surface area (Å²) in [5, 5.41) is 19.5. The second kappa shape index (κ2) is 7.06. The van der Waals surface area contributed by atoms with Gasteiger partial charge in [-0.3, -0.25) is 19.8 Å². The Labute approximate surface area is 115 Å². The number of carbonyl (C=O) groups is 1. The van der Waals surface area contributed by atoms with Gasteiger partial charge in [-0.1, -0.05) is 24.6 Å². The molecule has 0 saturated carbocycles. The van der Waals surface area contributed by atoms with E-state index in [1.165, 1.54) is 12.1 Å². The van der Waals surface area contributed by atoms with Crippen molar-refractivity contribution in [3.8, 4) is 0 Å². The van der Waals surface area contributed by atoms with Crippen molar-refractivity contribution < 1.29 is 14.8 Å². The summed E-state index contributed by atoms with van der Waals surface area (Å²) in [6, 6.07) is 4.43. The van der Waals surface area contributed by atoms with E-state index in [0.717, 1.165) is 12.0 Å². The zero-order valence-corrected chi connectivity index (χ0v) is 11.3. The highest BCUT2D eigenvalue weighted by Gasteiger charge is 2.14. The van der Waals surface area contributed by atoms with Gasteiger partial charge in [-0.25, -0.2) is 0 Å². The Hall–Kier alpha value is -1.66. The molecule has 0 unspecified atom stereocenters. The zero-order chi connectivity index (χ0) is 14.4. The molecule has 0 heterocycles. The first kappa shape index (κ1) is 15.4. The third kappa shape index (κ3) is 4.84. The number of carboxylic acid groups (broad SMARTS) is 1. The Morgan fingerprint density at radius 3 is 2.68 bits per heavy atom. The topological polar surface area (TPSA) is 83.7 Å². The third-order valence-corrected chi connectivity index (χ3v) is 2.82. The van der Waals surface area contributed by atoms with Crippen LogP contribution < -0.4 is 0 Å². The van der Waals surface area contributed by atoms with E-state index in [1.54, 1.807) is 11.0 Å². The van der Waals surface area contributed by atoms with Crippen LogP contribution in [0.25, 0.3) is 0 Å². The molecular weight excluding hydrogens is 272 g/mol. The first-order valence-corrected chi connectivity index (χ1v) is 6.18. The van der Waals surface area contributed by atoms with Crippen molar-refractivity contribution in [3.05, 3.63) is 38.9 Å². The van der Waals surface area contributed by atoms with Gasteiger partial charge in [-0.15, -0.1) is 0 Å². The van der Waals surface area contributed by atoms with E-state index < -0.39 is 10.9 Å². The molecule has 0 bridgehead atoms. The average Bonchev–Trinajstić information content (AvgIpc) is 2.27. The summed E-state index contributed by atoms with van der Waals surface area (Å²) in [5.74, 6) is -0.901. The number of carboxylic acids is 1. The normalized spacial score (nSPS) is 10.7. The maximum atomic E-state index is 10.7. The Morgan fingerprint density at radius 1 is 1.53 bits per heavy atom. The highest BCUT2D eigenvalue weighted by molar-refractivity contribution is 6.32. The molecule has 0 aliphatic rings. The van der Waals surface area contributed by atoms with E-state index in [4.69, 9.17) is 16.7 Å². The molecule has 6 nitrogen and oxygen atoms in total. The Bertz CT molecular complexity index is 479. The minimum Gasteiger partial charge on any atom is -0.480 e. The van der Waals surface area contributed by atoms with Crippen LogP contribution in [0.4, 0.5) is 5.69 Å². The summed E-state index contributed by atoms with van der Waals surface area (Å²) in [5.41, 5.74) is 0.607. The van der Waals surface area contributed by atoms with E-state index in [1.807, 2.05) is 6.92 Å². The van der Waals surface area contributed by atoms with Crippen molar-refractivity contribution in [2.75, 3.05) is 13.1 Å². The third-order valence-electron chi connectivity index (χ3n) is 2.51. The molecule has 0 aliphatic heterocycles. The fraction of sp³-hybridized carbons (Fsp3) is 0.417. The van der Waals surface area contributed by atoms with Gasteiger partial charge in [-0.2, -0.15) is 0 Å². The summed E-state index contributed by atoms with van der Waals surface area (Å²) in [4.78, 5) is 22.6. The molecule has 104 valence electrons. The molecule has 1 aromatic carbocycles. The van der Waals surface area contributed by atoms with Crippen LogP contribution in [0.3, 0.4) is 0 Å². The number of hydrogen-bond acceptors (Lipinski definition) is 4. The van der Waals surface area contributed by atoms with Crippen molar-refractivity contribution in [3.63, 3.8) is 0 Å². The maximum Gasteiger partial charge on any atom is 0.317 e. The summed E-state index contributed by atoms with van der Waals surface area (Å²) >= 11 is 5.81. The maximum absolute atomic E-state index is 10.7. The van der Waals surface area contributed by atoms with Crippen molar-refractivity contribution in [2.24, 2.45) is 0 Å². The molecule has 0 radical (unpaired) electrons. The van der Waals surface area contributed by atoms with Gasteiger partial charge in [0, 0.05) is 12.6 Å². The smallest absolute Gasteiger partial charge is 0.317 e. The molecule has 0 atom stereocenters. The van der Waals surface area contributed by atoms with Crippen molar-refractivity contribution in [2.45, 2.75) is 19.9 Å². The van der Waals surface area contributed by atoms with Gasteiger partial charge >= 0.3 is 5.97 Å². The Morgan fingerprint density at radius 2 is 2.21 bits per heavy atom. The van der Waals surface area contributed by atoms with Crippen LogP contribution in [0.5, 0.6) is 0 Å². The number of nitro groups is 1. The van der Waals surface area contributed by atoms with E-state index in [2.05, 4.69) is 0 Å². The van der Waals surface area contributed by atoms with Crippen molar-refractivity contribution in [1.29, 1.82) is 0 Å². The average molecular weight is 287 g/mol. The van der Waals surface area contributed by atoms with E-state index >= 15 is 0 Å². The van der Waals surface area contributed by atoms with Crippen LogP contribution in [-0.2, 0) is 11.3 Å². The number of benzene rings is 1. The van der Waals surface area contributed by atoms with Crippen LogP contribution in [0.2, 0.25) is 5.02 Å². The van der Waals surface area contributed by atoms with Crippen molar-refractivity contribution >= 4 is 23.3 Å². The molecule has 1 aromatic rings. The zero-order valence-electron chi connectivity index (χ0n) is 10.5. The first-order valence-electron chi connectivity index (χ1n) is 5.81. The second-order valence-corrected chi connectivity index (χ2v) is 4.55. The lowest BCUT2D eigenvalue weighted by atomic mass is 10.2. The number of hydrogen-bond donors (Lipinski definition) is 1. The minimum atomic E-state index is -0.901. The number of rotatable bonds is 7. The minimum absolute atomic E-state index is 0.0641. The highest BCUT2D eigenvalue weighted by Crippen LogP contribution is 2.25. The molecule has 0 amide bonds. The van der Waals surface area contributed by atoms with Crippen LogP contribution in [0.1, 0.15) is 18.9 Å². The van der Waals surface area contributed by atoms with Gasteiger partial charge in [-0.05, 0) is 24.6 Å². The van der Waals surface area contributed by atoms with Crippen LogP contribution >= 0.6 is 11.6 Å². The molecule has 0 aliphatic carbocycles. The highest BCUT2D eigenvalue weighted by atomic mass is 35.5. The largest absolute Gasteiger partial charge is 0.480 e. The van der Waals surface area contributed by atoms with Crippen LogP contribution in [0.15, 0.2) is 18.2 Å². The number of nitro benzene ring substituents is 1. The van der Waals surface area contributed by atoms with Crippen LogP contribution in [0, 0.1) is 10.1 Å². The molecule has 7 heteroatoms. The molecular formula is C12H15ClN2O4. The van der Waals surface area contributed by atoms with Crippen LogP contribution in [-0.4, -0.2) is 34.0 Å². The number of halogens is 1. The van der Waals surface area contributed by atoms with Gasteiger partial charge in [0.2, 0.25) is 0 Å². The lowest BCUT2D eigenvalue weighted by Gasteiger charge is -2.19. The summed E-state index contributed by atoms with van der Waals surface area (Å²) < 4.78 is 0. The molecule has 19 heavy (non-hydrogen) atoms. The quantitative estimate of drug-likeness (QED) is 0.615. The predicted molar refractivity (Wildman–Crippen MR) is 71.3 cm³/mol. The number of aliphatic carboxylic acids is 1. The lowest BCUT2D eigenvalue weighted by molar-refractivity contribution is -0.384. The van der Waals surface area contributed by atoms with Crippen molar-refractivity contribution in [1.82, 2.24) is 4.90 Å². The fourth-order valence-corrected chi connectivity index (χ4v) is 2.05. The van der Waals surface area contributed by atoms with Gasteiger partial charge in [0.15, 0.2) is 0 Å². The first-order chi connectivity index (χ1) is 8.93. The summed E-state index contributed by atoms with van der Waals surface area (Å²) in [6.07, 6.45) is 0.827. The molecule has 0 spiro atoms. The molecule has 1 N–H and O–H groups in total. The van der Waals surface area contributed by atoms with E-state index in [9.17, 15) is 14.9 Å². The van der Waals surface area contributed by atoms with Gasteiger partial charge in [0.05, 0.1) is 11.5 Å². The predicted octanol–water partition coefficient (Wildman–Crippen LogP) is 2.54. The molecule has 0 fully saturated rings. The standard InChI is InChI=1S/C12H15ClN2O4/c1-2-5-14(8-12(16)17)7-9-3-4-11(15(18)19)10(13)6-9/h3-4,6H,2,5,7-8H2,1H3,(H,16,17). The number of nitrogens with zero attached hydrogens (tertiary/aromatic N) is 2. The Kier molecular flexibility index (Phi) is 5.72. The van der Waals surface area contributed by atoms with E-state index in [0.29, 0.717) is 13.1 Å². The molecule has 0 aromatic heterocycles. The van der Waals surface area contributed by atoms with Gasteiger partial charge < -0.3 is 5.11 Å². The summed E-state index contributed by atoms with van der Waals surface area (Å²) in [7, 11) is 0. The fourth-order valence-electron chi connectivity index (χ4n) is 1.78. The second-order valence-electron chi connectivity index (χ2n) is 4.15. The molecule has 0 saturated heterocycles. The van der Waals surface area contributed by atoms with Gasteiger partial charge in [0.25, 0.3) is 5.69 Å². The summed E-state index contributed by atoms with van der Waals surface area (Å²) in [6.45, 7) is 2.93. The lowest BCUT2D eigenvalue weighted by Crippen LogP contribution is -2.30. The SMILES string of the molecule is CCCN(CC(=O)O)Cc1ccc([N+](=O)[O-])c(Cl)c1. The monoisotopic (exact) mass is 286 g/mol. The van der Waals surface area contributed by atoms with Gasteiger partial charge in [0.1, 0.15) is 5.02 Å². The Balaban J connectivity index is 2.82.